The maximum absolute atomic E-state index is 3.66. The third-order valence-corrected chi connectivity index (χ3v) is 3.35. The number of rotatable bonds is 4. The Labute approximate surface area is 102 Å². The third-order valence-electron chi connectivity index (χ3n) is 3.35. The van der Waals surface area contributed by atoms with Gasteiger partial charge in [-0.05, 0) is 36.5 Å². The Hall–Kier alpha value is -1.76. The Balaban J connectivity index is 1.82. The minimum absolute atomic E-state index is 0.471. The lowest BCUT2D eigenvalue weighted by Gasteiger charge is -2.20. The van der Waals surface area contributed by atoms with Crippen LogP contribution in [-0.4, -0.2) is 0 Å². The zero-order valence-corrected chi connectivity index (χ0v) is 9.84. The van der Waals surface area contributed by atoms with Gasteiger partial charge in [-0.1, -0.05) is 48.5 Å². The van der Waals surface area contributed by atoms with E-state index >= 15 is 0 Å². The highest BCUT2D eigenvalue weighted by Crippen LogP contribution is 2.42. The second-order valence-corrected chi connectivity index (χ2v) is 4.74. The summed E-state index contributed by atoms with van der Waals surface area (Å²) in [6.07, 6.45) is 2.69. The molecular formula is C16H17N. The number of hydrogen-bond donors (Lipinski definition) is 1. The molecule has 0 saturated heterocycles. The molecule has 1 aliphatic rings. The van der Waals surface area contributed by atoms with E-state index in [0.717, 1.165) is 5.92 Å². The molecule has 3 rings (SSSR count). The van der Waals surface area contributed by atoms with Gasteiger partial charge in [0.05, 0.1) is 6.04 Å². The first-order valence-corrected chi connectivity index (χ1v) is 6.30. The van der Waals surface area contributed by atoms with Crippen molar-refractivity contribution in [1.82, 2.24) is 0 Å². The summed E-state index contributed by atoms with van der Waals surface area (Å²) in [5.74, 6) is 0.803. The van der Waals surface area contributed by atoms with Gasteiger partial charge in [-0.3, -0.25) is 0 Å². The molecule has 86 valence electrons. The molecule has 1 atom stereocenters. The molecule has 0 aromatic heterocycles. The lowest BCUT2D eigenvalue weighted by Crippen LogP contribution is -2.12. The van der Waals surface area contributed by atoms with Crippen molar-refractivity contribution >= 4 is 5.69 Å². The standard InChI is InChI=1S/C16H17N/c1-3-7-13(8-4-1)16(14-11-12-14)17-15-9-5-2-6-10-15/h1-10,14,16-17H,11-12H2. The summed E-state index contributed by atoms with van der Waals surface area (Å²) in [5, 5.41) is 3.66. The number of anilines is 1. The van der Waals surface area contributed by atoms with Gasteiger partial charge in [-0.2, -0.15) is 0 Å². The monoisotopic (exact) mass is 223 g/mol. The highest BCUT2D eigenvalue weighted by Gasteiger charge is 2.32. The van der Waals surface area contributed by atoms with Crippen molar-refractivity contribution in [2.75, 3.05) is 5.32 Å². The van der Waals surface area contributed by atoms with Crippen LogP contribution in [0.4, 0.5) is 5.69 Å². The van der Waals surface area contributed by atoms with E-state index in [1.54, 1.807) is 0 Å². The minimum atomic E-state index is 0.471. The quantitative estimate of drug-likeness (QED) is 0.817. The van der Waals surface area contributed by atoms with Crippen LogP contribution in [0.15, 0.2) is 60.7 Å². The Morgan fingerprint density at radius 2 is 1.41 bits per heavy atom. The first kappa shape index (κ1) is 10.4. The van der Waals surface area contributed by atoms with Crippen molar-refractivity contribution in [3.63, 3.8) is 0 Å². The van der Waals surface area contributed by atoms with Crippen LogP contribution in [0.5, 0.6) is 0 Å². The van der Waals surface area contributed by atoms with Crippen LogP contribution in [-0.2, 0) is 0 Å². The molecule has 2 aromatic rings. The zero-order chi connectivity index (χ0) is 11.5. The lowest BCUT2D eigenvalue weighted by molar-refractivity contribution is 0.679. The van der Waals surface area contributed by atoms with E-state index in [2.05, 4.69) is 66.0 Å². The van der Waals surface area contributed by atoms with E-state index in [9.17, 15) is 0 Å². The van der Waals surface area contributed by atoms with E-state index < -0.39 is 0 Å². The smallest absolute Gasteiger partial charge is 0.0542 e. The number of benzene rings is 2. The molecule has 1 nitrogen and oxygen atoms in total. The molecule has 2 aromatic carbocycles. The molecule has 1 aliphatic carbocycles. The van der Waals surface area contributed by atoms with Gasteiger partial charge in [0.25, 0.3) is 0 Å². The van der Waals surface area contributed by atoms with Gasteiger partial charge in [0.2, 0.25) is 0 Å². The van der Waals surface area contributed by atoms with Crippen molar-refractivity contribution in [1.29, 1.82) is 0 Å². The van der Waals surface area contributed by atoms with E-state index in [1.165, 1.54) is 24.1 Å². The van der Waals surface area contributed by atoms with E-state index in [0.29, 0.717) is 6.04 Å². The van der Waals surface area contributed by atoms with E-state index in [1.807, 2.05) is 0 Å². The maximum Gasteiger partial charge on any atom is 0.0542 e. The summed E-state index contributed by atoms with van der Waals surface area (Å²) < 4.78 is 0. The molecular weight excluding hydrogens is 206 g/mol. The Bertz CT molecular complexity index is 459. The fourth-order valence-corrected chi connectivity index (χ4v) is 2.28. The van der Waals surface area contributed by atoms with Gasteiger partial charge in [0.15, 0.2) is 0 Å². The summed E-state index contributed by atoms with van der Waals surface area (Å²) in [6, 6.07) is 21.7. The molecule has 0 heterocycles. The fraction of sp³-hybridized carbons (Fsp3) is 0.250. The first-order valence-electron chi connectivity index (χ1n) is 6.30. The topological polar surface area (TPSA) is 12.0 Å². The van der Waals surface area contributed by atoms with Gasteiger partial charge in [-0.15, -0.1) is 0 Å². The minimum Gasteiger partial charge on any atom is -0.378 e. The third kappa shape index (κ3) is 2.50. The number of para-hydroxylation sites is 1. The molecule has 0 radical (unpaired) electrons. The van der Waals surface area contributed by atoms with E-state index in [-0.39, 0.29) is 0 Å². The highest BCUT2D eigenvalue weighted by atomic mass is 14.9. The molecule has 1 unspecified atom stereocenters. The molecule has 0 aliphatic heterocycles. The van der Waals surface area contributed by atoms with Crippen molar-refractivity contribution < 1.29 is 0 Å². The predicted molar refractivity (Wildman–Crippen MR) is 72.0 cm³/mol. The summed E-state index contributed by atoms with van der Waals surface area (Å²) in [7, 11) is 0. The summed E-state index contributed by atoms with van der Waals surface area (Å²) in [5.41, 5.74) is 2.62. The van der Waals surface area contributed by atoms with Crippen LogP contribution in [0.1, 0.15) is 24.4 Å². The number of nitrogens with one attached hydrogen (secondary N) is 1. The van der Waals surface area contributed by atoms with Crippen molar-refractivity contribution in [3.05, 3.63) is 66.2 Å². The molecule has 1 N–H and O–H groups in total. The second-order valence-electron chi connectivity index (χ2n) is 4.74. The van der Waals surface area contributed by atoms with Crippen molar-refractivity contribution in [2.24, 2.45) is 5.92 Å². The molecule has 1 heteroatoms. The van der Waals surface area contributed by atoms with Gasteiger partial charge < -0.3 is 5.32 Å². The molecule has 17 heavy (non-hydrogen) atoms. The molecule has 0 bridgehead atoms. The summed E-state index contributed by atoms with van der Waals surface area (Å²) in [6.45, 7) is 0. The van der Waals surface area contributed by atoms with Gasteiger partial charge in [0, 0.05) is 5.69 Å². The van der Waals surface area contributed by atoms with Crippen LogP contribution in [0.2, 0.25) is 0 Å². The van der Waals surface area contributed by atoms with Crippen molar-refractivity contribution in [3.8, 4) is 0 Å². The van der Waals surface area contributed by atoms with Gasteiger partial charge in [-0.25, -0.2) is 0 Å². The normalized spacial score (nSPS) is 16.5. The Morgan fingerprint density at radius 3 is 2.00 bits per heavy atom. The van der Waals surface area contributed by atoms with Crippen LogP contribution in [0.3, 0.4) is 0 Å². The Kier molecular flexibility index (Phi) is 2.83. The Morgan fingerprint density at radius 1 is 0.824 bits per heavy atom. The van der Waals surface area contributed by atoms with Crippen molar-refractivity contribution in [2.45, 2.75) is 18.9 Å². The first-order chi connectivity index (χ1) is 8.43. The van der Waals surface area contributed by atoms with Crippen LogP contribution in [0.25, 0.3) is 0 Å². The van der Waals surface area contributed by atoms with Crippen LogP contribution >= 0.6 is 0 Å². The predicted octanol–water partition coefficient (Wildman–Crippen LogP) is 4.25. The fourth-order valence-electron chi connectivity index (χ4n) is 2.28. The second kappa shape index (κ2) is 4.62. The summed E-state index contributed by atoms with van der Waals surface area (Å²) in [4.78, 5) is 0. The van der Waals surface area contributed by atoms with Gasteiger partial charge >= 0.3 is 0 Å². The highest BCUT2D eigenvalue weighted by molar-refractivity contribution is 5.45. The maximum atomic E-state index is 3.66. The largest absolute Gasteiger partial charge is 0.378 e. The van der Waals surface area contributed by atoms with Crippen LogP contribution in [0, 0.1) is 5.92 Å². The average Bonchev–Trinajstić information content (AvgIpc) is 3.23. The molecule has 0 amide bonds. The summed E-state index contributed by atoms with van der Waals surface area (Å²) >= 11 is 0. The van der Waals surface area contributed by atoms with Gasteiger partial charge in [0.1, 0.15) is 0 Å². The zero-order valence-electron chi connectivity index (χ0n) is 9.84. The molecule has 1 fully saturated rings. The lowest BCUT2D eigenvalue weighted by atomic mass is 10.0. The van der Waals surface area contributed by atoms with Crippen LogP contribution < -0.4 is 5.32 Å². The number of hydrogen-bond acceptors (Lipinski definition) is 1. The molecule has 0 spiro atoms. The average molecular weight is 223 g/mol. The van der Waals surface area contributed by atoms with E-state index in [4.69, 9.17) is 0 Å². The SMILES string of the molecule is c1ccc(NC(c2ccccc2)C2CC2)cc1. The molecule has 1 saturated carbocycles.